The van der Waals surface area contributed by atoms with E-state index in [-0.39, 0.29) is 23.5 Å². The molecule has 1 heterocycles. The fourth-order valence-electron chi connectivity index (χ4n) is 2.62. The van der Waals surface area contributed by atoms with E-state index >= 15 is 0 Å². The van der Waals surface area contributed by atoms with Crippen molar-refractivity contribution in [3.05, 3.63) is 36.4 Å². The maximum absolute atomic E-state index is 12.4. The number of methoxy groups -OCH3 is 2. The lowest BCUT2D eigenvalue weighted by atomic mass is 10.2. The second kappa shape index (κ2) is 10.5. The van der Waals surface area contributed by atoms with Gasteiger partial charge in [-0.1, -0.05) is 44.2 Å². The Balaban J connectivity index is 2.36. The standard InChI is InChI=1S/C20H26N4O4/c1-5-14(27-3)19(25)23-16-12-17(24-20(26)15(6-2)28-4)22-18(21-16)13-10-8-7-9-11-13/h7-12,14-15H,5-6H2,1-4H3,(H2,21,22,23,24,25,26)/t14-,15-/m1/s1. The van der Waals surface area contributed by atoms with Crippen LogP contribution in [-0.4, -0.2) is 48.2 Å². The zero-order valence-corrected chi connectivity index (χ0v) is 16.6. The number of nitrogens with zero attached hydrogens (tertiary/aromatic N) is 2. The summed E-state index contributed by atoms with van der Waals surface area (Å²) >= 11 is 0. The van der Waals surface area contributed by atoms with E-state index in [9.17, 15) is 9.59 Å². The van der Waals surface area contributed by atoms with Gasteiger partial charge in [0.25, 0.3) is 11.8 Å². The van der Waals surface area contributed by atoms with Crippen LogP contribution in [0, 0.1) is 0 Å². The number of carbonyl (C=O) groups excluding carboxylic acids is 2. The molecule has 1 aromatic heterocycles. The first-order valence-corrected chi connectivity index (χ1v) is 9.14. The van der Waals surface area contributed by atoms with E-state index in [0.29, 0.717) is 18.7 Å². The minimum absolute atomic E-state index is 0.273. The van der Waals surface area contributed by atoms with Gasteiger partial charge in [0.2, 0.25) is 0 Å². The van der Waals surface area contributed by atoms with Gasteiger partial charge in [-0.25, -0.2) is 9.97 Å². The molecular formula is C20H26N4O4. The average molecular weight is 386 g/mol. The van der Waals surface area contributed by atoms with E-state index in [1.807, 2.05) is 44.2 Å². The minimum Gasteiger partial charge on any atom is -0.372 e. The maximum atomic E-state index is 12.4. The van der Waals surface area contributed by atoms with Gasteiger partial charge in [0, 0.05) is 25.8 Å². The molecule has 8 heteroatoms. The summed E-state index contributed by atoms with van der Waals surface area (Å²) in [6.45, 7) is 3.70. The van der Waals surface area contributed by atoms with Crippen LogP contribution < -0.4 is 10.6 Å². The molecule has 1 aromatic carbocycles. The predicted molar refractivity (Wildman–Crippen MR) is 107 cm³/mol. The highest BCUT2D eigenvalue weighted by atomic mass is 16.5. The molecule has 0 aliphatic heterocycles. The summed E-state index contributed by atoms with van der Waals surface area (Å²) in [4.78, 5) is 33.5. The summed E-state index contributed by atoms with van der Waals surface area (Å²) in [7, 11) is 2.95. The van der Waals surface area contributed by atoms with Crippen molar-refractivity contribution >= 4 is 23.5 Å². The SMILES string of the molecule is CC[C@@H](OC)C(=O)Nc1cc(NC(=O)[C@@H](CC)OC)nc(-c2ccccc2)n1. The fraction of sp³-hybridized carbons (Fsp3) is 0.400. The van der Waals surface area contributed by atoms with Gasteiger partial charge in [0.1, 0.15) is 23.8 Å². The van der Waals surface area contributed by atoms with Gasteiger partial charge in [0.15, 0.2) is 5.82 Å². The Labute approximate surface area is 164 Å². The van der Waals surface area contributed by atoms with Gasteiger partial charge in [0.05, 0.1) is 0 Å². The second-order valence-electron chi connectivity index (χ2n) is 6.07. The van der Waals surface area contributed by atoms with Crippen LogP contribution in [0.5, 0.6) is 0 Å². The molecule has 0 bridgehead atoms. The Morgan fingerprint density at radius 1 is 0.893 bits per heavy atom. The first kappa shape index (κ1) is 21.5. The molecule has 0 spiro atoms. The summed E-state index contributed by atoms with van der Waals surface area (Å²) in [5.41, 5.74) is 0.756. The molecule has 2 aromatic rings. The molecule has 150 valence electrons. The molecule has 0 fully saturated rings. The molecule has 0 unspecified atom stereocenters. The maximum Gasteiger partial charge on any atom is 0.254 e. The van der Waals surface area contributed by atoms with Crippen LogP contribution in [-0.2, 0) is 19.1 Å². The molecule has 8 nitrogen and oxygen atoms in total. The molecule has 0 saturated carbocycles. The van der Waals surface area contributed by atoms with Crippen LogP contribution in [0.2, 0.25) is 0 Å². The molecule has 2 rings (SSSR count). The molecule has 0 radical (unpaired) electrons. The van der Waals surface area contributed by atoms with Gasteiger partial charge in [-0.3, -0.25) is 9.59 Å². The molecule has 0 aliphatic rings. The number of aromatic nitrogens is 2. The van der Waals surface area contributed by atoms with E-state index in [4.69, 9.17) is 9.47 Å². The summed E-state index contributed by atoms with van der Waals surface area (Å²) in [6, 6.07) is 10.8. The topological polar surface area (TPSA) is 102 Å². The van der Waals surface area contributed by atoms with E-state index in [1.54, 1.807) is 0 Å². The lowest BCUT2D eigenvalue weighted by Crippen LogP contribution is -2.30. The molecule has 0 aliphatic carbocycles. The largest absolute Gasteiger partial charge is 0.372 e. The normalized spacial score (nSPS) is 12.9. The lowest BCUT2D eigenvalue weighted by molar-refractivity contribution is -0.126. The molecular weight excluding hydrogens is 360 g/mol. The Kier molecular flexibility index (Phi) is 8.03. The average Bonchev–Trinajstić information content (AvgIpc) is 2.70. The first-order valence-electron chi connectivity index (χ1n) is 9.14. The number of carbonyl (C=O) groups is 2. The van der Waals surface area contributed by atoms with Gasteiger partial charge in [-0.15, -0.1) is 0 Å². The number of hydrogen-bond acceptors (Lipinski definition) is 6. The molecule has 2 atom stereocenters. The van der Waals surface area contributed by atoms with Crippen LogP contribution in [0.3, 0.4) is 0 Å². The molecule has 0 saturated heterocycles. The lowest BCUT2D eigenvalue weighted by Gasteiger charge is -2.16. The van der Waals surface area contributed by atoms with Crippen molar-refractivity contribution in [2.45, 2.75) is 38.9 Å². The van der Waals surface area contributed by atoms with Crippen molar-refractivity contribution in [2.75, 3.05) is 24.9 Å². The summed E-state index contributed by atoms with van der Waals surface area (Å²) < 4.78 is 10.3. The number of amides is 2. The van der Waals surface area contributed by atoms with E-state index in [2.05, 4.69) is 20.6 Å². The van der Waals surface area contributed by atoms with E-state index in [0.717, 1.165) is 5.56 Å². The van der Waals surface area contributed by atoms with Gasteiger partial charge < -0.3 is 20.1 Å². The third-order valence-corrected chi connectivity index (χ3v) is 4.16. The van der Waals surface area contributed by atoms with Crippen molar-refractivity contribution in [3.63, 3.8) is 0 Å². The third-order valence-electron chi connectivity index (χ3n) is 4.16. The number of rotatable bonds is 9. The Hall–Kier alpha value is -2.84. The highest BCUT2D eigenvalue weighted by Gasteiger charge is 2.19. The fourth-order valence-corrected chi connectivity index (χ4v) is 2.62. The van der Waals surface area contributed by atoms with Crippen molar-refractivity contribution in [2.24, 2.45) is 0 Å². The monoisotopic (exact) mass is 386 g/mol. The number of ether oxygens (including phenoxy) is 2. The third kappa shape index (κ3) is 5.58. The van der Waals surface area contributed by atoms with Crippen LogP contribution in [0.15, 0.2) is 36.4 Å². The predicted octanol–water partition coefficient (Wildman–Crippen LogP) is 2.87. The number of hydrogen-bond donors (Lipinski definition) is 2. The van der Waals surface area contributed by atoms with Crippen molar-refractivity contribution in [1.82, 2.24) is 9.97 Å². The van der Waals surface area contributed by atoms with Crippen LogP contribution in [0.4, 0.5) is 11.6 Å². The highest BCUT2D eigenvalue weighted by Crippen LogP contribution is 2.21. The van der Waals surface area contributed by atoms with Gasteiger partial charge >= 0.3 is 0 Å². The van der Waals surface area contributed by atoms with E-state index in [1.165, 1.54) is 20.3 Å². The summed E-state index contributed by atoms with van der Waals surface area (Å²) in [6.07, 6.45) is -0.138. The summed E-state index contributed by atoms with van der Waals surface area (Å²) in [5, 5.41) is 5.45. The number of nitrogens with one attached hydrogen (secondary N) is 2. The van der Waals surface area contributed by atoms with Gasteiger partial charge in [-0.05, 0) is 12.8 Å². The molecule has 2 amide bonds. The zero-order valence-electron chi connectivity index (χ0n) is 16.6. The van der Waals surface area contributed by atoms with Crippen molar-refractivity contribution in [1.29, 1.82) is 0 Å². The molecule has 28 heavy (non-hydrogen) atoms. The van der Waals surface area contributed by atoms with Crippen molar-refractivity contribution in [3.8, 4) is 11.4 Å². The Morgan fingerprint density at radius 3 is 1.75 bits per heavy atom. The first-order chi connectivity index (χ1) is 13.5. The smallest absolute Gasteiger partial charge is 0.254 e. The second-order valence-corrected chi connectivity index (χ2v) is 6.07. The van der Waals surface area contributed by atoms with Crippen molar-refractivity contribution < 1.29 is 19.1 Å². The van der Waals surface area contributed by atoms with Crippen LogP contribution in [0.1, 0.15) is 26.7 Å². The van der Waals surface area contributed by atoms with Crippen LogP contribution >= 0.6 is 0 Å². The molecule has 2 N–H and O–H groups in total. The van der Waals surface area contributed by atoms with Crippen LogP contribution in [0.25, 0.3) is 11.4 Å². The highest BCUT2D eigenvalue weighted by molar-refractivity contribution is 5.96. The number of anilines is 2. The quantitative estimate of drug-likeness (QED) is 0.687. The Bertz CT molecular complexity index is 746. The zero-order chi connectivity index (χ0) is 20.5. The van der Waals surface area contributed by atoms with E-state index < -0.39 is 12.2 Å². The Morgan fingerprint density at radius 2 is 1.36 bits per heavy atom. The minimum atomic E-state index is -0.592. The van der Waals surface area contributed by atoms with Gasteiger partial charge in [-0.2, -0.15) is 0 Å². The number of benzene rings is 1. The summed E-state index contributed by atoms with van der Waals surface area (Å²) in [5.74, 6) is 0.293.